The lowest BCUT2D eigenvalue weighted by atomic mass is 10.1. The first-order valence-electron chi connectivity index (χ1n) is 7.94. The fourth-order valence-corrected chi connectivity index (χ4v) is 3.53. The van der Waals surface area contributed by atoms with E-state index >= 15 is 0 Å². The molecule has 126 valence electrons. The van der Waals surface area contributed by atoms with Crippen molar-refractivity contribution < 1.29 is 14.0 Å². The summed E-state index contributed by atoms with van der Waals surface area (Å²) in [4.78, 5) is 27.2. The first-order chi connectivity index (χ1) is 11.6. The van der Waals surface area contributed by atoms with Crippen molar-refractivity contribution in [3.05, 3.63) is 58.0 Å². The number of carbonyl (C=O) groups is 2. The van der Waals surface area contributed by atoms with Crippen LogP contribution >= 0.6 is 11.3 Å². The standard InChI is InChI=1S/C18H19FN2O2S/c19-15-5-3-13(4-6-15)11-21-12-14(10-17(21)22)18(23)20-8-7-16-2-1-9-24-16/h1-6,9,14H,7-8,10-12H2,(H,20,23). The summed E-state index contributed by atoms with van der Waals surface area (Å²) in [6.07, 6.45) is 1.05. The molecule has 6 heteroatoms. The lowest BCUT2D eigenvalue weighted by molar-refractivity contribution is -0.129. The molecule has 2 aromatic rings. The third-order valence-electron chi connectivity index (χ3n) is 4.12. The largest absolute Gasteiger partial charge is 0.355 e. The van der Waals surface area contributed by atoms with Crippen LogP contribution in [0.1, 0.15) is 16.9 Å². The van der Waals surface area contributed by atoms with Crippen LogP contribution < -0.4 is 5.32 Å². The highest BCUT2D eigenvalue weighted by Crippen LogP contribution is 2.20. The van der Waals surface area contributed by atoms with Gasteiger partial charge in [0.1, 0.15) is 5.82 Å². The maximum atomic E-state index is 12.9. The van der Waals surface area contributed by atoms with E-state index in [-0.39, 0.29) is 30.0 Å². The quantitative estimate of drug-likeness (QED) is 0.874. The number of benzene rings is 1. The zero-order chi connectivity index (χ0) is 16.9. The van der Waals surface area contributed by atoms with Gasteiger partial charge in [0.05, 0.1) is 5.92 Å². The predicted molar refractivity (Wildman–Crippen MR) is 91.0 cm³/mol. The molecule has 4 nitrogen and oxygen atoms in total. The van der Waals surface area contributed by atoms with Crippen LogP contribution in [0.2, 0.25) is 0 Å². The number of likely N-dealkylation sites (tertiary alicyclic amines) is 1. The molecule has 1 saturated heterocycles. The Bertz CT molecular complexity index is 700. The number of hydrogen-bond acceptors (Lipinski definition) is 3. The Morgan fingerprint density at radius 3 is 2.79 bits per heavy atom. The van der Waals surface area contributed by atoms with Crippen LogP contribution in [0.3, 0.4) is 0 Å². The molecule has 0 spiro atoms. The van der Waals surface area contributed by atoms with Gasteiger partial charge >= 0.3 is 0 Å². The van der Waals surface area contributed by atoms with Crippen LogP contribution in [-0.2, 0) is 22.6 Å². The monoisotopic (exact) mass is 346 g/mol. The minimum absolute atomic E-state index is 0.0299. The van der Waals surface area contributed by atoms with E-state index in [1.165, 1.54) is 17.0 Å². The Labute approximate surface area is 144 Å². The van der Waals surface area contributed by atoms with E-state index in [2.05, 4.69) is 5.32 Å². The molecule has 1 unspecified atom stereocenters. The third-order valence-corrected chi connectivity index (χ3v) is 5.06. The van der Waals surface area contributed by atoms with Gasteiger partial charge in [0.2, 0.25) is 11.8 Å². The molecule has 1 aliphatic heterocycles. The topological polar surface area (TPSA) is 49.4 Å². The number of amides is 2. The van der Waals surface area contributed by atoms with Gasteiger partial charge in [0, 0.05) is 30.9 Å². The Morgan fingerprint density at radius 1 is 1.29 bits per heavy atom. The van der Waals surface area contributed by atoms with E-state index < -0.39 is 0 Å². The molecule has 1 aromatic heterocycles. The molecule has 1 aliphatic rings. The molecule has 0 radical (unpaired) electrons. The summed E-state index contributed by atoms with van der Waals surface area (Å²) in [5.41, 5.74) is 0.864. The van der Waals surface area contributed by atoms with Crippen molar-refractivity contribution in [2.75, 3.05) is 13.1 Å². The predicted octanol–water partition coefficient (Wildman–Crippen LogP) is 2.59. The highest BCUT2D eigenvalue weighted by atomic mass is 32.1. The minimum atomic E-state index is -0.304. The Balaban J connectivity index is 1.48. The van der Waals surface area contributed by atoms with Crippen molar-refractivity contribution in [3.63, 3.8) is 0 Å². The molecule has 1 atom stereocenters. The van der Waals surface area contributed by atoms with Gasteiger partial charge in [0.15, 0.2) is 0 Å². The maximum absolute atomic E-state index is 12.9. The summed E-state index contributed by atoms with van der Waals surface area (Å²) >= 11 is 1.67. The Morgan fingerprint density at radius 2 is 2.08 bits per heavy atom. The summed E-state index contributed by atoms with van der Waals surface area (Å²) < 4.78 is 12.9. The molecular formula is C18H19FN2O2S. The van der Waals surface area contributed by atoms with Gasteiger partial charge < -0.3 is 10.2 Å². The fourth-order valence-electron chi connectivity index (χ4n) is 2.82. The van der Waals surface area contributed by atoms with E-state index in [4.69, 9.17) is 0 Å². The van der Waals surface area contributed by atoms with E-state index in [1.807, 2.05) is 17.5 Å². The van der Waals surface area contributed by atoms with Crippen LogP contribution in [0.25, 0.3) is 0 Å². The van der Waals surface area contributed by atoms with Crippen molar-refractivity contribution >= 4 is 23.2 Å². The van der Waals surface area contributed by atoms with Crippen molar-refractivity contribution in [2.24, 2.45) is 5.92 Å². The Kier molecular flexibility index (Phi) is 5.25. The van der Waals surface area contributed by atoms with Gasteiger partial charge in [-0.15, -0.1) is 11.3 Å². The van der Waals surface area contributed by atoms with E-state index in [1.54, 1.807) is 28.4 Å². The van der Waals surface area contributed by atoms with Gasteiger partial charge in [-0.3, -0.25) is 9.59 Å². The lowest BCUT2D eigenvalue weighted by Gasteiger charge is -2.16. The highest BCUT2D eigenvalue weighted by Gasteiger charge is 2.33. The summed E-state index contributed by atoms with van der Waals surface area (Å²) in [6.45, 7) is 1.42. The number of hydrogen-bond donors (Lipinski definition) is 1. The van der Waals surface area contributed by atoms with Gasteiger partial charge in [-0.1, -0.05) is 18.2 Å². The maximum Gasteiger partial charge on any atom is 0.225 e. The number of thiophene rings is 1. The molecule has 2 heterocycles. The molecule has 24 heavy (non-hydrogen) atoms. The highest BCUT2D eigenvalue weighted by molar-refractivity contribution is 7.09. The second-order valence-corrected chi connectivity index (χ2v) is 6.95. The second kappa shape index (κ2) is 7.57. The van der Waals surface area contributed by atoms with Crippen LogP contribution in [0, 0.1) is 11.7 Å². The SMILES string of the molecule is O=C(NCCc1cccs1)C1CC(=O)N(Cc2ccc(F)cc2)C1. The second-order valence-electron chi connectivity index (χ2n) is 5.92. The molecule has 2 amide bonds. The zero-order valence-corrected chi connectivity index (χ0v) is 14.0. The van der Waals surface area contributed by atoms with Crippen molar-refractivity contribution in [1.29, 1.82) is 0 Å². The lowest BCUT2D eigenvalue weighted by Crippen LogP contribution is -2.34. The number of carbonyl (C=O) groups excluding carboxylic acids is 2. The minimum Gasteiger partial charge on any atom is -0.355 e. The molecule has 1 aromatic carbocycles. The number of halogens is 1. The van der Waals surface area contributed by atoms with Crippen molar-refractivity contribution in [3.8, 4) is 0 Å². The van der Waals surface area contributed by atoms with Crippen LogP contribution in [0.4, 0.5) is 4.39 Å². The van der Waals surface area contributed by atoms with E-state index in [0.717, 1.165) is 12.0 Å². The fraction of sp³-hybridized carbons (Fsp3) is 0.333. The molecule has 1 N–H and O–H groups in total. The smallest absolute Gasteiger partial charge is 0.225 e. The first kappa shape index (κ1) is 16.6. The molecule has 0 saturated carbocycles. The molecule has 0 aliphatic carbocycles. The van der Waals surface area contributed by atoms with Crippen molar-refractivity contribution in [1.82, 2.24) is 10.2 Å². The summed E-state index contributed by atoms with van der Waals surface area (Å²) in [6, 6.07) is 10.1. The van der Waals surface area contributed by atoms with E-state index in [9.17, 15) is 14.0 Å². The number of nitrogens with zero attached hydrogens (tertiary/aromatic N) is 1. The first-order valence-corrected chi connectivity index (χ1v) is 8.82. The van der Waals surface area contributed by atoms with Gasteiger partial charge in [-0.2, -0.15) is 0 Å². The van der Waals surface area contributed by atoms with Crippen LogP contribution in [-0.4, -0.2) is 29.8 Å². The summed E-state index contributed by atoms with van der Waals surface area (Å²) in [5, 5.41) is 4.93. The molecule has 0 bridgehead atoms. The third kappa shape index (κ3) is 4.20. The van der Waals surface area contributed by atoms with Gasteiger partial charge in [0.25, 0.3) is 0 Å². The normalized spacial score (nSPS) is 17.3. The zero-order valence-electron chi connectivity index (χ0n) is 13.2. The van der Waals surface area contributed by atoms with Crippen LogP contribution in [0.15, 0.2) is 41.8 Å². The molecular weight excluding hydrogens is 327 g/mol. The summed E-state index contributed by atoms with van der Waals surface area (Å²) in [7, 11) is 0. The van der Waals surface area contributed by atoms with Gasteiger partial charge in [-0.05, 0) is 35.6 Å². The van der Waals surface area contributed by atoms with Crippen LogP contribution in [0.5, 0.6) is 0 Å². The average molecular weight is 346 g/mol. The Hall–Kier alpha value is -2.21. The molecule has 3 rings (SSSR count). The molecule has 1 fully saturated rings. The van der Waals surface area contributed by atoms with Crippen molar-refractivity contribution in [2.45, 2.75) is 19.4 Å². The summed E-state index contributed by atoms with van der Waals surface area (Å²) in [5.74, 6) is -0.699. The average Bonchev–Trinajstić information content (AvgIpc) is 3.20. The van der Waals surface area contributed by atoms with E-state index in [0.29, 0.717) is 19.6 Å². The number of rotatable bonds is 6. The van der Waals surface area contributed by atoms with Gasteiger partial charge in [-0.25, -0.2) is 4.39 Å². The number of nitrogens with one attached hydrogen (secondary N) is 1.